The van der Waals surface area contributed by atoms with Gasteiger partial charge in [-0.2, -0.15) is 0 Å². The molecule has 1 aromatic rings. The number of nitrogens with zero attached hydrogens (tertiary/aromatic N) is 1. The lowest BCUT2D eigenvalue weighted by Crippen LogP contribution is -2.27. The van der Waals surface area contributed by atoms with E-state index in [2.05, 4.69) is 43.6 Å². The van der Waals surface area contributed by atoms with Crippen LogP contribution in [-0.4, -0.2) is 23.4 Å². The molecule has 1 fully saturated rings. The number of nitrogens with one attached hydrogen (secondary N) is 1. The van der Waals surface area contributed by atoms with Crippen LogP contribution in [0.3, 0.4) is 0 Å². The Morgan fingerprint density at radius 3 is 2.60 bits per heavy atom. The molecule has 20 heavy (non-hydrogen) atoms. The van der Waals surface area contributed by atoms with E-state index in [0.29, 0.717) is 18.5 Å². The van der Waals surface area contributed by atoms with Crippen LogP contribution < -0.4 is 5.32 Å². The van der Waals surface area contributed by atoms with Crippen LogP contribution in [0.5, 0.6) is 0 Å². The Labute approximate surface area is 122 Å². The van der Waals surface area contributed by atoms with Gasteiger partial charge in [-0.3, -0.25) is 4.79 Å². The Bertz CT molecular complexity index is 468. The summed E-state index contributed by atoms with van der Waals surface area (Å²) in [4.78, 5) is 12.4. The van der Waals surface area contributed by atoms with Crippen LogP contribution >= 0.6 is 0 Å². The van der Waals surface area contributed by atoms with Crippen molar-refractivity contribution in [1.82, 2.24) is 9.88 Å². The molecule has 0 amide bonds. The first kappa shape index (κ1) is 15.3. The Kier molecular flexibility index (Phi) is 5.03. The monoisotopic (exact) mass is 276 g/mol. The first-order chi connectivity index (χ1) is 9.50. The maximum Gasteiger partial charge on any atom is 0.178 e. The molecule has 2 rings (SSSR count). The highest BCUT2D eigenvalue weighted by Crippen LogP contribution is 2.33. The van der Waals surface area contributed by atoms with Crippen molar-refractivity contribution in [3.63, 3.8) is 0 Å². The summed E-state index contributed by atoms with van der Waals surface area (Å²) in [6, 6.07) is 2.69. The van der Waals surface area contributed by atoms with Gasteiger partial charge in [0.2, 0.25) is 0 Å². The molecule has 0 spiro atoms. The Balaban J connectivity index is 2.08. The van der Waals surface area contributed by atoms with Crippen LogP contribution in [-0.2, 0) is 0 Å². The lowest BCUT2D eigenvalue weighted by atomic mass is 10.1. The average molecular weight is 276 g/mol. The molecule has 0 unspecified atom stereocenters. The number of Topliss-reactive ketones (excluding diaryl/α,β-unsaturated/α-hetero) is 1. The normalized spacial score (nSPS) is 16.2. The van der Waals surface area contributed by atoms with Crippen LogP contribution in [0.2, 0.25) is 0 Å². The fourth-order valence-electron chi connectivity index (χ4n) is 3.35. The summed E-state index contributed by atoms with van der Waals surface area (Å²) in [5.41, 5.74) is 3.30. The smallest absolute Gasteiger partial charge is 0.178 e. The van der Waals surface area contributed by atoms with E-state index in [4.69, 9.17) is 0 Å². The number of aryl methyl sites for hydroxylation is 1. The molecule has 0 atom stereocenters. The molecular formula is C17H28N2O. The van der Waals surface area contributed by atoms with Crippen LogP contribution in [0.1, 0.15) is 67.3 Å². The summed E-state index contributed by atoms with van der Waals surface area (Å²) >= 11 is 0. The Morgan fingerprint density at radius 2 is 2.00 bits per heavy atom. The van der Waals surface area contributed by atoms with E-state index >= 15 is 0 Å². The van der Waals surface area contributed by atoms with E-state index in [9.17, 15) is 4.79 Å². The maximum absolute atomic E-state index is 12.4. The number of hydrogen-bond donors (Lipinski definition) is 1. The molecule has 3 nitrogen and oxygen atoms in total. The molecule has 3 heteroatoms. The summed E-state index contributed by atoms with van der Waals surface area (Å²) in [5, 5.41) is 3.25. The average Bonchev–Trinajstić information content (AvgIpc) is 2.97. The molecule has 1 saturated carbocycles. The summed E-state index contributed by atoms with van der Waals surface area (Å²) < 4.78 is 2.39. The molecular weight excluding hydrogens is 248 g/mol. The van der Waals surface area contributed by atoms with Gasteiger partial charge in [0.15, 0.2) is 5.78 Å². The quantitative estimate of drug-likeness (QED) is 0.805. The molecule has 1 aliphatic rings. The number of hydrogen-bond acceptors (Lipinski definition) is 2. The second-order valence-corrected chi connectivity index (χ2v) is 6.54. The van der Waals surface area contributed by atoms with Crippen molar-refractivity contribution in [3.8, 4) is 0 Å². The topological polar surface area (TPSA) is 34.0 Å². The van der Waals surface area contributed by atoms with E-state index in [0.717, 1.165) is 17.8 Å². The number of ketones is 1. The fourth-order valence-corrected chi connectivity index (χ4v) is 3.35. The maximum atomic E-state index is 12.4. The van der Waals surface area contributed by atoms with E-state index < -0.39 is 0 Å². The third-order valence-corrected chi connectivity index (χ3v) is 4.31. The van der Waals surface area contributed by atoms with Crippen LogP contribution in [0, 0.1) is 19.8 Å². The van der Waals surface area contributed by atoms with Gasteiger partial charge in [-0.25, -0.2) is 0 Å². The zero-order chi connectivity index (χ0) is 14.7. The van der Waals surface area contributed by atoms with Gasteiger partial charge in [-0.1, -0.05) is 26.7 Å². The van der Waals surface area contributed by atoms with Crippen molar-refractivity contribution in [2.45, 2.75) is 59.4 Å². The standard InChI is InChI=1S/C17H28N2O/c1-12(2)10-18-11-17(20)16-9-13(3)19(14(16)4)15-7-5-6-8-15/h9,12,15,18H,5-8,10-11H2,1-4H3. The van der Waals surface area contributed by atoms with Crippen molar-refractivity contribution >= 4 is 5.78 Å². The van der Waals surface area contributed by atoms with Crippen molar-refractivity contribution in [2.24, 2.45) is 5.92 Å². The van der Waals surface area contributed by atoms with Crippen molar-refractivity contribution in [2.75, 3.05) is 13.1 Å². The molecule has 1 heterocycles. The van der Waals surface area contributed by atoms with Gasteiger partial charge in [0.25, 0.3) is 0 Å². The van der Waals surface area contributed by atoms with Gasteiger partial charge >= 0.3 is 0 Å². The minimum atomic E-state index is 0.225. The van der Waals surface area contributed by atoms with Crippen LogP contribution in [0.25, 0.3) is 0 Å². The van der Waals surface area contributed by atoms with Gasteiger partial charge < -0.3 is 9.88 Å². The molecule has 1 aromatic heterocycles. The lowest BCUT2D eigenvalue weighted by Gasteiger charge is -2.17. The number of carbonyl (C=O) groups is 1. The molecule has 1 N–H and O–H groups in total. The Morgan fingerprint density at radius 1 is 1.35 bits per heavy atom. The first-order valence-electron chi connectivity index (χ1n) is 7.93. The predicted octanol–water partition coefficient (Wildman–Crippen LogP) is 3.65. The van der Waals surface area contributed by atoms with Crippen molar-refractivity contribution in [1.29, 1.82) is 0 Å². The highest BCUT2D eigenvalue weighted by atomic mass is 16.1. The summed E-state index contributed by atoms with van der Waals surface area (Å²) in [6.07, 6.45) is 5.16. The largest absolute Gasteiger partial charge is 0.345 e. The van der Waals surface area contributed by atoms with Gasteiger partial charge in [0.05, 0.1) is 6.54 Å². The van der Waals surface area contributed by atoms with E-state index in [1.54, 1.807) is 0 Å². The fraction of sp³-hybridized carbons (Fsp3) is 0.706. The summed E-state index contributed by atoms with van der Waals surface area (Å²) in [5.74, 6) is 0.803. The second-order valence-electron chi connectivity index (χ2n) is 6.54. The van der Waals surface area contributed by atoms with Crippen LogP contribution in [0.15, 0.2) is 6.07 Å². The third kappa shape index (κ3) is 3.32. The minimum Gasteiger partial charge on any atom is -0.345 e. The number of rotatable bonds is 6. The van der Waals surface area contributed by atoms with Gasteiger partial charge in [0.1, 0.15) is 0 Å². The molecule has 112 valence electrons. The van der Waals surface area contributed by atoms with E-state index in [1.807, 2.05) is 0 Å². The SMILES string of the molecule is Cc1cc(C(=O)CNCC(C)C)c(C)n1C1CCCC1. The molecule has 0 saturated heterocycles. The van der Waals surface area contributed by atoms with Crippen molar-refractivity contribution < 1.29 is 4.79 Å². The molecule has 0 radical (unpaired) electrons. The molecule has 1 aliphatic carbocycles. The van der Waals surface area contributed by atoms with E-state index in [1.165, 1.54) is 31.4 Å². The van der Waals surface area contributed by atoms with E-state index in [-0.39, 0.29) is 5.78 Å². The zero-order valence-corrected chi connectivity index (χ0v) is 13.3. The second kappa shape index (κ2) is 6.57. The molecule has 0 aliphatic heterocycles. The lowest BCUT2D eigenvalue weighted by molar-refractivity contribution is 0.0989. The molecule has 0 aromatic carbocycles. The Hall–Kier alpha value is -1.09. The highest BCUT2D eigenvalue weighted by Gasteiger charge is 2.23. The highest BCUT2D eigenvalue weighted by molar-refractivity contribution is 5.99. The summed E-state index contributed by atoms with van der Waals surface area (Å²) in [6.45, 7) is 9.89. The van der Waals surface area contributed by atoms with Gasteiger partial charge in [-0.05, 0) is 45.2 Å². The van der Waals surface area contributed by atoms with Gasteiger partial charge in [0, 0.05) is 23.0 Å². The predicted molar refractivity (Wildman–Crippen MR) is 83.4 cm³/mol. The third-order valence-electron chi connectivity index (χ3n) is 4.31. The number of aromatic nitrogens is 1. The van der Waals surface area contributed by atoms with Crippen molar-refractivity contribution in [3.05, 3.63) is 23.0 Å². The molecule has 0 bridgehead atoms. The number of carbonyl (C=O) groups excluding carboxylic acids is 1. The first-order valence-corrected chi connectivity index (χ1v) is 7.93. The summed E-state index contributed by atoms with van der Waals surface area (Å²) in [7, 11) is 0. The zero-order valence-electron chi connectivity index (χ0n) is 13.3. The minimum absolute atomic E-state index is 0.225. The van der Waals surface area contributed by atoms with Gasteiger partial charge in [-0.15, -0.1) is 0 Å². The van der Waals surface area contributed by atoms with Crippen LogP contribution in [0.4, 0.5) is 0 Å².